The van der Waals surface area contributed by atoms with Crippen molar-refractivity contribution in [1.29, 1.82) is 0 Å². The minimum absolute atomic E-state index is 0.0600. The summed E-state index contributed by atoms with van der Waals surface area (Å²) in [6.45, 7) is 0.532. The van der Waals surface area contributed by atoms with Crippen molar-refractivity contribution in [2.45, 2.75) is 50.6 Å². The highest BCUT2D eigenvalue weighted by molar-refractivity contribution is 9.10. The third kappa shape index (κ3) is 4.09. The predicted octanol–water partition coefficient (Wildman–Crippen LogP) is 2.37. The van der Waals surface area contributed by atoms with Gasteiger partial charge in [0.05, 0.1) is 0 Å². The van der Waals surface area contributed by atoms with E-state index >= 15 is 0 Å². The largest absolute Gasteiger partial charge is 0.353 e. The van der Waals surface area contributed by atoms with Gasteiger partial charge in [-0.1, -0.05) is 0 Å². The molecule has 0 saturated heterocycles. The Bertz CT molecular complexity index is 547. The summed E-state index contributed by atoms with van der Waals surface area (Å²) in [6.07, 6.45) is 7.62. The van der Waals surface area contributed by atoms with Crippen LogP contribution in [-0.2, 0) is 4.79 Å². The van der Waals surface area contributed by atoms with E-state index in [0.29, 0.717) is 37.2 Å². The van der Waals surface area contributed by atoms with Crippen molar-refractivity contribution in [2.75, 3.05) is 6.54 Å². The highest BCUT2D eigenvalue weighted by Gasteiger charge is 2.27. The highest BCUT2D eigenvalue weighted by atomic mass is 79.9. The van der Waals surface area contributed by atoms with E-state index in [-0.39, 0.29) is 11.8 Å². The van der Waals surface area contributed by atoms with E-state index in [2.05, 4.69) is 26.6 Å². The van der Waals surface area contributed by atoms with Crippen LogP contribution in [0.15, 0.2) is 16.7 Å². The number of carbonyl (C=O) groups excluding carboxylic acids is 2. The topological polar surface area (TPSA) is 63.1 Å². The van der Waals surface area contributed by atoms with Crippen LogP contribution in [0.3, 0.4) is 0 Å². The number of hydrogen-bond acceptors (Lipinski definition) is 2. The summed E-state index contributed by atoms with van der Waals surface area (Å²) in [4.78, 5) is 23.7. The Labute approximate surface area is 132 Å². The first-order chi connectivity index (χ1) is 10.1. The molecule has 6 heteroatoms. The average molecular weight is 354 g/mol. The number of rotatable bonds is 7. The SMILES string of the molecule is O=C(CCCNC(=O)c1cc(Br)cn1C1CC1)NC1CC1. The van der Waals surface area contributed by atoms with E-state index in [1.54, 1.807) is 0 Å². The van der Waals surface area contributed by atoms with E-state index in [1.165, 1.54) is 0 Å². The maximum Gasteiger partial charge on any atom is 0.267 e. The molecule has 0 aliphatic heterocycles. The van der Waals surface area contributed by atoms with Gasteiger partial charge in [0.1, 0.15) is 5.69 Å². The zero-order valence-corrected chi connectivity index (χ0v) is 13.5. The molecule has 0 radical (unpaired) electrons. The fourth-order valence-corrected chi connectivity index (χ4v) is 2.79. The molecule has 21 heavy (non-hydrogen) atoms. The molecule has 2 aliphatic carbocycles. The van der Waals surface area contributed by atoms with Crippen molar-refractivity contribution in [2.24, 2.45) is 0 Å². The van der Waals surface area contributed by atoms with Gasteiger partial charge in [-0.25, -0.2) is 0 Å². The second-order valence-corrected chi connectivity index (χ2v) is 6.80. The third-order valence-corrected chi connectivity index (χ3v) is 4.23. The van der Waals surface area contributed by atoms with Gasteiger partial charge in [-0.15, -0.1) is 0 Å². The van der Waals surface area contributed by atoms with Gasteiger partial charge < -0.3 is 15.2 Å². The Morgan fingerprint density at radius 2 is 2.05 bits per heavy atom. The lowest BCUT2D eigenvalue weighted by Gasteiger charge is -2.08. The zero-order chi connectivity index (χ0) is 14.8. The van der Waals surface area contributed by atoms with Crippen molar-refractivity contribution < 1.29 is 9.59 Å². The van der Waals surface area contributed by atoms with Crippen LogP contribution >= 0.6 is 15.9 Å². The van der Waals surface area contributed by atoms with E-state index in [0.717, 1.165) is 30.2 Å². The fourth-order valence-electron chi connectivity index (χ4n) is 2.35. The Hall–Kier alpha value is -1.30. The zero-order valence-electron chi connectivity index (χ0n) is 11.9. The quantitative estimate of drug-likeness (QED) is 0.739. The van der Waals surface area contributed by atoms with Gasteiger partial charge in [-0.2, -0.15) is 0 Å². The molecule has 2 N–H and O–H groups in total. The maximum absolute atomic E-state index is 12.2. The Morgan fingerprint density at radius 3 is 2.71 bits per heavy atom. The van der Waals surface area contributed by atoms with Gasteiger partial charge in [0.25, 0.3) is 5.91 Å². The summed E-state index contributed by atoms with van der Waals surface area (Å²) in [6, 6.07) is 2.74. The van der Waals surface area contributed by atoms with E-state index in [4.69, 9.17) is 0 Å². The van der Waals surface area contributed by atoms with Gasteiger partial charge in [0, 0.05) is 35.7 Å². The van der Waals surface area contributed by atoms with Crippen LogP contribution in [0.2, 0.25) is 0 Å². The molecule has 0 spiro atoms. The van der Waals surface area contributed by atoms with Gasteiger partial charge >= 0.3 is 0 Å². The Morgan fingerprint density at radius 1 is 1.29 bits per heavy atom. The molecule has 0 atom stereocenters. The summed E-state index contributed by atoms with van der Waals surface area (Å²) in [5.74, 6) is 0.0334. The molecule has 0 aromatic carbocycles. The first-order valence-corrected chi connectivity index (χ1v) is 8.38. The summed E-state index contributed by atoms with van der Waals surface area (Å²) in [7, 11) is 0. The van der Waals surface area contributed by atoms with E-state index < -0.39 is 0 Å². The first kappa shape index (κ1) is 14.6. The molecule has 2 fully saturated rings. The predicted molar refractivity (Wildman–Crippen MR) is 83.1 cm³/mol. The number of nitrogens with zero attached hydrogens (tertiary/aromatic N) is 1. The monoisotopic (exact) mass is 353 g/mol. The molecule has 2 saturated carbocycles. The molecule has 1 aromatic rings. The lowest BCUT2D eigenvalue weighted by molar-refractivity contribution is -0.121. The normalized spacial score (nSPS) is 17.6. The summed E-state index contributed by atoms with van der Waals surface area (Å²) < 4.78 is 2.97. The van der Waals surface area contributed by atoms with Crippen molar-refractivity contribution in [3.8, 4) is 0 Å². The number of aromatic nitrogens is 1. The first-order valence-electron chi connectivity index (χ1n) is 7.58. The van der Waals surface area contributed by atoms with Crippen molar-refractivity contribution in [3.63, 3.8) is 0 Å². The Balaban J connectivity index is 1.42. The number of carbonyl (C=O) groups is 2. The minimum Gasteiger partial charge on any atom is -0.353 e. The summed E-state index contributed by atoms with van der Waals surface area (Å²) in [5.41, 5.74) is 0.701. The van der Waals surface area contributed by atoms with Crippen LogP contribution in [-0.4, -0.2) is 29.0 Å². The molecule has 3 rings (SSSR count). The smallest absolute Gasteiger partial charge is 0.267 e. The molecular formula is C15H20BrN3O2. The maximum atomic E-state index is 12.2. The second-order valence-electron chi connectivity index (χ2n) is 5.88. The van der Waals surface area contributed by atoms with Crippen molar-refractivity contribution in [3.05, 3.63) is 22.4 Å². The second kappa shape index (κ2) is 6.22. The number of hydrogen-bond donors (Lipinski definition) is 2. The van der Waals surface area contributed by atoms with Gasteiger partial charge in [0.15, 0.2) is 0 Å². The highest BCUT2D eigenvalue weighted by Crippen LogP contribution is 2.37. The molecule has 2 amide bonds. The van der Waals surface area contributed by atoms with Crippen LogP contribution in [0.1, 0.15) is 55.1 Å². The van der Waals surface area contributed by atoms with Crippen LogP contribution in [0, 0.1) is 0 Å². The molecule has 0 bridgehead atoms. The number of amides is 2. The van der Waals surface area contributed by atoms with Crippen LogP contribution < -0.4 is 10.6 Å². The molecule has 1 heterocycles. The van der Waals surface area contributed by atoms with Gasteiger partial charge in [0.2, 0.25) is 5.91 Å². The van der Waals surface area contributed by atoms with E-state index in [9.17, 15) is 9.59 Å². The molecule has 5 nitrogen and oxygen atoms in total. The molecule has 0 unspecified atom stereocenters. The van der Waals surface area contributed by atoms with Crippen LogP contribution in [0.5, 0.6) is 0 Å². The molecular weight excluding hydrogens is 334 g/mol. The number of halogens is 1. The third-order valence-electron chi connectivity index (χ3n) is 3.80. The van der Waals surface area contributed by atoms with Crippen LogP contribution in [0.4, 0.5) is 0 Å². The van der Waals surface area contributed by atoms with E-state index in [1.807, 2.05) is 16.8 Å². The van der Waals surface area contributed by atoms with Gasteiger partial charge in [-0.05, 0) is 54.1 Å². The Kier molecular flexibility index (Phi) is 4.33. The lowest BCUT2D eigenvalue weighted by Crippen LogP contribution is -2.29. The summed E-state index contributed by atoms with van der Waals surface area (Å²) >= 11 is 3.42. The fraction of sp³-hybridized carbons (Fsp3) is 0.600. The average Bonchev–Trinajstić information content (AvgIpc) is 3.35. The molecule has 2 aliphatic rings. The van der Waals surface area contributed by atoms with Crippen molar-refractivity contribution in [1.82, 2.24) is 15.2 Å². The van der Waals surface area contributed by atoms with Crippen LogP contribution in [0.25, 0.3) is 0 Å². The summed E-state index contributed by atoms with van der Waals surface area (Å²) in [5, 5.41) is 5.85. The number of nitrogens with one attached hydrogen (secondary N) is 2. The van der Waals surface area contributed by atoms with Crippen molar-refractivity contribution >= 4 is 27.7 Å². The van der Waals surface area contributed by atoms with Gasteiger partial charge in [-0.3, -0.25) is 9.59 Å². The minimum atomic E-state index is -0.0600. The molecule has 114 valence electrons. The molecule has 1 aromatic heterocycles. The standard InChI is InChI=1S/C15H20BrN3O2/c16-10-8-13(19(9-10)12-5-6-12)15(21)17-7-1-2-14(20)18-11-3-4-11/h8-9,11-12H,1-7H2,(H,17,21)(H,18,20). The lowest BCUT2D eigenvalue weighted by atomic mass is 10.3.